The van der Waals surface area contributed by atoms with Gasteiger partial charge >= 0.3 is 0 Å². The molecule has 1 aliphatic heterocycles. The molecule has 1 amide bonds. The SMILES string of the molecule is COc1cccc2c1OC[C@H](Cc1ncccc1C(=O)N(C)C)C2. The summed E-state index contributed by atoms with van der Waals surface area (Å²) in [5.74, 6) is 1.87. The zero-order chi connectivity index (χ0) is 17.1. The Kier molecular flexibility index (Phi) is 4.69. The Hall–Kier alpha value is -2.56. The third-order valence-corrected chi connectivity index (χ3v) is 4.26. The van der Waals surface area contributed by atoms with E-state index in [-0.39, 0.29) is 11.8 Å². The molecule has 1 aliphatic rings. The Morgan fingerprint density at radius 3 is 2.92 bits per heavy atom. The summed E-state index contributed by atoms with van der Waals surface area (Å²) >= 11 is 0. The van der Waals surface area contributed by atoms with Crippen molar-refractivity contribution in [2.75, 3.05) is 27.8 Å². The third-order valence-electron chi connectivity index (χ3n) is 4.26. The number of rotatable bonds is 4. The molecule has 0 saturated carbocycles. The summed E-state index contributed by atoms with van der Waals surface area (Å²) in [5, 5.41) is 0. The van der Waals surface area contributed by atoms with E-state index >= 15 is 0 Å². The first-order chi connectivity index (χ1) is 11.6. The maximum Gasteiger partial charge on any atom is 0.255 e. The van der Waals surface area contributed by atoms with Crippen LogP contribution in [0.15, 0.2) is 36.5 Å². The first-order valence-electron chi connectivity index (χ1n) is 8.04. The summed E-state index contributed by atoms with van der Waals surface area (Å²) in [6.45, 7) is 0.597. The lowest BCUT2D eigenvalue weighted by Crippen LogP contribution is -2.27. The van der Waals surface area contributed by atoms with Crippen molar-refractivity contribution < 1.29 is 14.3 Å². The molecular weight excluding hydrogens is 304 g/mol. The molecule has 0 fully saturated rings. The van der Waals surface area contributed by atoms with Crippen molar-refractivity contribution in [2.24, 2.45) is 5.92 Å². The molecule has 1 atom stereocenters. The van der Waals surface area contributed by atoms with E-state index in [9.17, 15) is 4.79 Å². The Bertz CT molecular complexity index is 743. The largest absolute Gasteiger partial charge is 0.493 e. The zero-order valence-corrected chi connectivity index (χ0v) is 14.3. The molecule has 0 unspecified atom stereocenters. The number of benzene rings is 1. The molecule has 3 rings (SSSR count). The number of nitrogens with zero attached hydrogens (tertiary/aromatic N) is 2. The minimum absolute atomic E-state index is 0.0168. The van der Waals surface area contributed by atoms with E-state index in [2.05, 4.69) is 11.1 Å². The van der Waals surface area contributed by atoms with E-state index < -0.39 is 0 Å². The molecule has 0 saturated heterocycles. The van der Waals surface area contributed by atoms with Gasteiger partial charge in [0.05, 0.1) is 25.0 Å². The lowest BCUT2D eigenvalue weighted by molar-refractivity contribution is 0.0825. The molecule has 0 N–H and O–H groups in total. The monoisotopic (exact) mass is 326 g/mol. The third kappa shape index (κ3) is 3.20. The molecule has 0 bridgehead atoms. The number of para-hydroxylation sites is 1. The molecule has 0 spiro atoms. The number of aromatic nitrogens is 1. The smallest absolute Gasteiger partial charge is 0.255 e. The minimum atomic E-state index is -0.0168. The average molecular weight is 326 g/mol. The summed E-state index contributed by atoms with van der Waals surface area (Å²) in [4.78, 5) is 18.3. The van der Waals surface area contributed by atoms with Crippen LogP contribution in [0.4, 0.5) is 0 Å². The fourth-order valence-electron chi connectivity index (χ4n) is 3.06. The van der Waals surface area contributed by atoms with E-state index in [1.165, 1.54) is 0 Å². The lowest BCUT2D eigenvalue weighted by Gasteiger charge is -2.27. The zero-order valence-electron chi connectivity index (χ0n) is 14.3. The molecule has 126 valence electrons. The fraction of sp³-hybridized carbons (Fsp3) is 0.368. The van der Waals surface area contributed by atoms with E-state index in [4.69, 9.17) is 9.47 Å². The quantitative estimate of drug-likeness (QED) is 0.866. The lowest BCUT2D eigenvalue weighted by atomic mass is 9.91. The Morgan fingerprint density at radius 2 is 2.17 bits per heavy atom. The van der Waals surface area contributed by atoms with Crippen LogP contribution < -0.4 is 9.47 Å². The number of methoxy groups -OCH3 is 1. The second-order valence-electron chi connectivity index (χ2n) is 6.23. The molecule has 5 heteroatoms. The highest BCUT2D eigenvalue weighted by atomic mass is 16.5. The van der Waals surface area contributed by atoms with Gasteiger partial charge in [0, 0.05) is 26.2 Å². The van der Waals surface area contributed by atoms with Gasteiger partial charge in [-0.3, -0.25) is 9.78 Å². The highest BCUT2D eigenvalue weighted by Crippen LogP contribution is 2.36. The molecule has 2 aromatic rings. The fourth-order valence-corrected chi connectivity index (χ4v) is 3.06. The molecule has 0 aliphatic carbocycles. The van der Waals surface area contributed by atoms with Gasteiger partial charge in [-0.25, -0.2) is 0 Å². The predicted octanol–water partition coefficient (Wildman–Crippen LogP) is 2.59. The maximum atomic E-state index is 12.3. The van der Waals surface area contributed by atoms with E-state index in [0.717, 1.165) is 29.2 Å². The summed E-state index contributed by atoms with van der Waals surface area (Å²) in [6, 6.07) is 9.59. The van der Waals surface area contributed by atoms with Crippen LogP contribution in [0, 0.1) is 5.92 Å². The van der Waals surface area contributed by atoms with Crippen molar-refractivity contribution in [3.8, 4) is 11.5 Å². The first-order valence-corrected chi connectivity index (χ1v) is 8.04. The number of amides is 1. The van der Waals surface area contributed by atoms with Crippen LogP contribution >= 0.6 is 0 Å². The van der Waals surface area contributed by atoms with Crippen molar-refractivity contribution in [1.82, 2.24) is 9.88 Å². The summed E-state index contributed by atoms with van der Waals surface area (Å²) in [7, 11) is 5.16. The van der Waals surface area contributed by atoms with Gasteiger partial charge in [-0.2, -0.15) is 0 Å². The van der Waals surface area contributed by atoms with Gasteiger partial charge in [-0.1, -0.05) is 12.1 Å². The molecule has 1 aromatic carbocycles. The number of pyridine rings is 1. The maximum absolute atomic E-state index is 12.3. The van der Waals surface area contributed by atoms with Gasteiger partial charge in [0.25, 0.3) is 5.91 Å². The topological polar surface area (TPSA) is 51.7 Å². The van der Waals surface area contributed by atoms with Gasteiger partial charge in [-0.05, 0) is 36.6 Å². The summed E-state index contributed by atoms with van der Waals surface area (Å²) in [6.07, 6.45) is 3.34. The van der Waals surface area contributed by atoms with Gasteiger partial charge in [0.1, 0.15) is 0 Å². The Morgan fingerprint density at radius 1 is 1.33 bits per heavy atom. The van der Waals surface area contributed by atoms with Crippen LogP contribution in [0.25, 0.3) is 0 Å². The summed E-state index contributed by atoms with van der Waals surface area (Å²) in [5.41, 5.74) is 2.64. The van der Waals surface area contributed by atoms with Gasteiger partial charge < -0.3 is 14.4 Å². The van der Waals surface area contributed by atoms with Crippen molar-refractivity contribution in [1.29, 1.82) is 0 Å². The standard InChI is InChI=1S/C19H22N2O3/c1-21(2)19(22)15-7-5-9-20-16(15)11-13-10-14-6-4-8-17(23-3)18(14)24-12-13/h4-9,13H,10-12H2,1-3H3/t13-/m0/s1. The number of hydrogen-bond donors (Lipinski definition) is 0. The Labute approximate surface area is 142 Å². The molecule has 24 heavy (non-hydrogen) atoms. The van der Waals surface area contributed by atoms with Crippen molar-refractivity contribution >= 4 is 5.91 Å². The number of carbonyl (C=O) groups is 1. The highest BCUT2D eigenvalue weighted by Gasteiger charge is 2.25. The predicted molar refractivity (Wildman–Crippen MR) is 91.6 cm³/mol. The van der Waals surface area contributed by atoms with Gasteiger partial charge in [0.2, 0.25) is 0 Å². The number of carbonyl (C=O) groups excluding carboxylic acids is 1. The number of ether oxygens (including phenoxy) is 2. The van der Waals surface area contributed by atoms with Crippen molar-refractivity contribution in [2.45, 2.75) is 12.8 Å². The van der Waals surface area contributed by atoms with Crippen LogP contribution in [0.5, 0.6) is 11.5 Å². The first kappa shape index (κ1) is 16.3. The van der Waals surface area contributed by atoms with Crippen LogP contribution in [-0.4, -0.2) is 43.6 Å². The van der Waals surface area contributed by atoms with E-state index in [0.29, 0.717) is 18.6 Å². The highest BCUT2D eigenvalue weighted by molar-refractivity contribution is 5.94. The van der Waals surface area contributed by atoms with Crippen LogP contribution in [0.2, 0.25) is 0 Å². The van der Waals surface area contributed by atoms with Crippen molar-refractivity contribution in [3.63, 3.8) is 0 Å². The number of hydrogen-bond acceptors (Lipinski definition) is 4. The minimum Gasteiger partial charge on any atom is -0.493 e. The normalized spacial score (nSPS) is 16.0. The summed E-state index contributed by atoms with van der Waals surface area (Å²) < 4.78 is 11.3. The second-order valence-corrected chi connectivity index (χ2v) is 6.23. The Balaban J connectivity index is 1.80. The van der Waals surface area contributed by atoms with Crippen LogP contribution in [-0.2, 0) is 12.8 Å². The molecular formula is C19H22N2O3. The van der Waals surface area contributed by atoms with Gasteiger partial charge in [0.15, 0.2) is 11.5 Å². The number of fused-ring (bicyclic) bond motifs is 1. The molecule has 2 heterocycles. The second kappa shape index (κ2) is 6.91. The van der Waals surface area contributed by atoms with Crippen LogP contribution in [0.1, 0.15) is 21.6 Å². The average Bonchev–Trinajstić information content (AvgIpc) is 2.60. The molecule has 0 radical (unpaired) electrons. The van der Waals surface area contributed by atoms with Crippen LogP contribution in [0.3, 0.4) is 0 Å². The van der Waals surface area contributed by atoms with E-state index in [1.54, 1.807) is 38.4 Å². The van der Waals surface area contributed by atoms with Crippen molar-refractivity contribution in [3.05, 3.63) is 53.3 Å². The molecule has 1 aromatic heterocycles. The van der Waals surface area contributed by atoms with Gasteiger partial charge in [-0.15, -0.1) is 0 Å². The molecule has 5 nitrogen and oxygen atoms in total. The van der Waals surface area contributed by atoms with E-state index in [1.807, 2.05) is 18.2 Å².